The Hall–Kier alpha value is -3.61. The van der Waals surface area contributed by atoms with Gasteiger partial charge in [-0.1, -0.05) is 36.4 Å². The van der Waals surface area contributed by atoms with Crippen molar-refractivity contribution >= 4 is 28.9 Å². The van der Waals surface area contributed by atoms with Crippen LogP contribution >= 0.6 is 11.6 Å². The van der Waals surface area contributed by atoms with Crippen molar-refractivity contribution in [2.24, 2.45) is 0 Å². The summed E-state index contributed by atoms with van der Waals surface area (Å²) in [6.07, 6.45) is 8.32. The van der Waals surface area contributed by atoms with E-state index in [4.69, 9.17) is 16.9 Å². The van der Waals surface area contributed by atoms with Gasteiger partial charge < -0.3 is 20.9 Å². The molecule has 2 fully saturated rings. The van der Waals surface area contributed by atoms with Gasteiger partial charge in [0.1, 0.15) is 0 Å². The molecule has 2 unspecified atom stereocenters. The summed E-state index contributed by atoms with van der Waals surface area (Å²) in [6.45, 7) is 14.1. The molecule has 41 heavy (non-hydrogen) atoms. The third-order valence-corrected chi connectivity index (χ3v) is 8.39. The molecule has 5 rings (SSSR count). The van der Waals surface area contributed by atoms with Crippen LogP contribution in [0.15, 0.2) is 73.5 Å². The summed E-state index contributed by atoms with van der Waals surface area (Å²) in [5.41, 5.74) is 4.20. The first-order valence-corrected chi connectivity index (χ1v) is 14.6. The van der Waals surface area contributed by atoms with Crippen LogP contribution in [0.4, 0.5) is 10.5 Å². The number of rotatable bonds is 7. The third kappa shape index (κ3) is 6.83. The van der Waals surface area contributed by atoms with Crippen molar-refractivity contribution in [3.63, 3.8) is 0 Å². The molecule has 2 amide bonds. The molecule has 3 N–H and O–H groups in total. The van der Waals surface area contributed by atoms with Crippen molar-refractivity contribution in [3.05, 3.63) is 95.2 Å². The number of nitrogens with zero attached hydrogens (tertiary/aromatic N) is 4. The second-order valence-electron chi connectivity index (χ2n) is 11.1. The quantitative estimate of drug-likeness (QED) is 0.455. The first-order chi connectivity index (χ1) is 19.9. The number of carbonyl (C=O) groups is 1. The number of benzene rings is 2. The standard InChI is InChI=1S/C32H38ClN7O/c1-24(23-38-15-13-35-14-16-38)29-21-26(33)7-10-28(29)30(32(2)11-3-4-12-36-32)39-17-19-40(20-18-39)31(41)37-27-8-5-25(22-34)6-9-27/h3-12,21,30,35-36H,1,13-20,23H2,2H3,(H,37,41). The number of piperazine rings is 2. The van der Waals surface area contributed by atoms with Crippen molar-refractivity contribution < 1.29 is 4.79 Å². The van der Waals surface area contributed by atoms with Crippen LogP contribution in [0.3, 0.4) is 0 Å². The number of urea groups is 1. The van der Waals surface area contributed by atoms with Gasteiger partial charge >= 0.3 is 6.03 Å². The second-order valence-corrected chi connectivity index (χ2v) is 11.5. The van der Waals surface area contributed by atoms with Crippen molar-refractivity contribution in [2.45, 2.75) is 18.5 Å². The number of carbonyl (C=O) groups excluding carboxylic acids is 1. The molecule has 8 nitrogen and oxygen atoms in total. The Labute approximate surface area is 247 Å². The van der Waals surface area contributed by atoms with Crippen molar-refractivity contribution in [3.8, 4) is 6.07 Å². The molecular formula is C32H38ClN7O. The summed E-state index contributed by atoms with van der Waals surface area (Å²) in [4.78, 5) is 19.8. The molecule has 0 radical (unpaired) electrons. The minimum atomic E-state index is -0.375. The zero-order valence-electron chi connectivity index (χ0n) is 23.6. The molecule has 0 saturated carbocycles. The van der Waals surface area contributed by atoms with E-state index in [-0.39, 0.29) is 17.6 Å². The predicted molar refractivity (Wildman–Crippen MR) is 166 cm³/mol. The Bertz CT molecular complexity index is 1350. The second kappa shape index (κ2) is 12.9. The van der Waals surface area contributed by atoms with Crippen LogP contribution in [0.5, 0.6) is 0 Å². The van der Waals surface area contributed by atoms with E-state index in [1.54, 1.807) is 24.3 Å². The minimum Gasteiger partial charge on any atom is -0.380 e. The van der Waals surface area contributed by atoms with Gasteiger partial charge in [-0.25, -0.2) is 4.79 Å². The highest BCUT2D eigenvalue weighted by molar-refractivity contribution is 6.30. The molecule has 2 aromatic rings. The fourth-order valence-corrected chi connectivity index (χ4v) is 6.14. The number of amides is 2. The van der Waals surface area contributed by atoms with E-state index in [1.807, 2.05) is 23.2 Å². The molecule has 3 aliphatic rings. The van der Waals surface area contributed by atoms with Crippen molar-refractivity contribution in [2.75, 3.05) is 64.2 Å². The molecule has 0 aromatic heterocycles. The van der Waals surface area contributed by atoms with Crippen LogP contribution < -0.4 is 16.0 Å². The molecule has 0 aliphatic carbocycles. The highest BCUT2D eigenvalue weighted by atomic mass is 35.5. The van der Waals surface area contributed by atoms with Gasteiger partial charge in [-0.15, -0.1) is 0 Å². The van der Waals surface area contributed by atoms with Crippen LogP contribution in [0.2, 0.25) is 5.02 Å². The summed E-state index contributed by atoms with van der Waals surface area (Å²) in [5, 5.41) is 19.7. The lowest BCUT2D eigenvalue weighted by molar-refractivity contribution is 0.0811. The number of nitrogens with one attached hydrogen (secondary N) is 3. The summed E-state index contributed by atoms with van der Waals surface area (Å²) in [5.74, 6) is 0. The lowest BCUT2D eigenvalue weighted by Gasteiger charge is -2.47. The summed E-state index contributed by atoms with van der Waals surface area (Å²) < 4.78 is 0. The van der Waals surface area contributed by atoms with Gasteiger partial charge in [0.05, 0.1) is 23.2 Å². The van der Waals surface area contributed by atoms with E-state index in [2.05, 4.69) is 69.6 Å². The molecule has 3 heterocycles. The largest absolute Gasteiger partial charge is 0.380 e. The summed E-state index contributed by atoms with van der Waals surface area (Å²) in [7, 11) is 0. The topological polar surface area (TPSA) is 86.7 Å². The Kier molecular flexibility index (Phi) is 9.11. The van der Waals surface area contributed by atoms with Gasteiger partial charge in [0.15, 0.2) is 0 Å². The number of anilines is 1. The number of nitriles is 1. The van der Waals surface area contributed by atoms with E-state index in [9.17, 15) is 4.79 Å². The Morgan fingerprint density at radius 3 is 2.49 bits per heavy atom. The minimum absolute atomic E-state index is 0.0144. The highest BCUT2D eigenvalue weighted by Crippen LogP contribution is 2.39. The summed E-state index contributed by atoms with van der Waals surface area (Å²) >= 11 is 6.57. The number of halogens is 1. The average Bonchev–Trinajstić information content (AvgIpc) is 2.99. The smallest absolute Gasteiger partial charge is 0.321 e. The van der Waals surface area contributed by atoms with Crippen molar-refractivity contribution in [1.82, 2.24) is 25.3 Å². The van der Waals surface area contributed by atoms with Crippen LogP contribution in [0.25, 0.3) is 5.57 Å². The third-order valence-electron chi connectivity index (χ3n) is 8.16. The molecule has 0 spiro atoms. The lowest BCUT2D eigenvalue weighted by atomic mass is 9.80. The number of hydrogen-bond donors (Lipinski definition) is 3. The molecule has 2 atom stereocenters. The number of hydrogen-bond acceptors (Lipinski definition) is 6. The molecular weight excluding hydrogens is 534 g/mol. The molecule has 2 saturated heterocycles. The first-order valence-electron chi connectivity index (χ1n) is 14.2. The maximum absolute atomic E-state index is 13.1. The van der Waals surface area contributed by atoms with E-state index >= 15 is 0 Å². The van der Waals surface area contributed by atoms with Gasteiger partial charge in [0, 0.05) is 69.6 Å². The van der Waals surface area contributed by atoms with E-state index in [1.165, 1.54) is 5.56 Å². The van der Waals surface area contributed by atoms with Crippen LogP contribution in [0.1, 0.15) is 29.7 Å². The molecule has 2 aromatic carbocycles. The maximum Gasteiger partial charge on any atom is 0.321 e. The zero-order chi connectivity index (χ0) is 28.8. The SMILES string of the molecule is C=C(CN1CCNCC1)c1cc(Cl)ccc1C(N1CCN(C(=O)Nc2ccc(C#N)cc2)CC1)C1(C)C=CC=CN1. The zero-order valence-corrected chi connectivity index (χ0v) is 24.3. The van der Waals surface area contributed by atoms with Gasteiger partial charge in [-0.2, -0.15) is 5.26 Å². The monoisotopic (exact) mass is 571 g/mol. The fraction of sp³-hybridized carbons (Fsp3) is 0.375. The predicted octanol–water partition coefficient (Wildman–Crippen LogP) is 4.45. The maximum atomic E-state index is 13.1. The highest BCUT2D eigenvalue weighted by Gasteiger charge is 2.40. The van der Waals surface area contributed by atoms with E-state index in [0.717, 1.165) is 43.9 Å². The van der Waals surface area contributed by atoms with Crippen molar-refractivity contribution in [1.29, 1.82) is 5.26 Å². The normalized spacial score (nSPS) is 22.0. The van der Waals surface area contributed by atoms with Crippen LogP contribution in [0, 0.1) is 11.3 Å². The fourth-order valence-electron chi connectivity index (χ4n) is 5.97. The number of allylic oxidation sites excluding steroid dienone is 2. The first kappa shape index (κ1) is 28.9. The van der Waals surface area contributed by atoms with Gasteiger partial charge in [-0.05, 0) is 72.3 Å². The Morgan fingerprint density at radius 1 is 1.10 bits per heavy atom. The Morgan fingerprint density at radius 2 is 1.83 bits per heavy atom. The molecule has 9 heteroatoms. The lowest BCUT2D eigenvalue weighted by Crippen LogP contribution is -2.57. The van der Waals surface area contributed by atoms with E-state index in [0.29, 0.717) is 42.5 Å². The average molecular weight is 572 g/mol. The van der Waals surface area contributed by atoms with Gasteiger partial charge in [-0.3, -0.25) is 9.80 Å². The molecule has 3 aliphatic heterocycles. The van der Waals surface area contributed by atoms with Crippen LogP contribution in [-0.2, 0) is 0 Å². The van der Waals surface area contributed by atoms with Gasteiger partial charge in [0.2, 0.25) is 0 Å². The number of dihydropyridines is 1. The van der Waals surface area contributed by atoms with Crippen LogP contribution in [-0.4, -0.2) is 85.2 Å². The van der Waals surface area contributed by atoms with Gasteiger partial charge in [0.25, 0.3) is 0 Å². The Balaban J connectivity index is 1.36. The summed E-state index contributed by atoms with van der Waals surface area (Å²) in [6, 6.07) is 15.1. The molecule has 0 bridgehead atoms. The molecule has 214 valence electrons. The van der Waals surface area contributed by atoms with E-state index < -0.39 is 0 Å².